The summed E-state index contributed by atoms with van der Waals surface area (Å²) in [5, 5.41) is 17.1. The molecule has 0 aliphatic carbocycles. The Balaban J connectivity index is 2.73. The third-order valence-electron chi connectivity index (χ3n) is 1.63. The van der Waals surface area contributed by atoms with Gasteiger partial charge in [-0.25, -0.2) is 0 Å². The van der Waals surface area contributed by atoms with Crippen molar-refractivity contribution in [3.05, 3.63) is 30.0 Å². The molecule has 0 N–H and O–H groups in total. The molecule has 4 heteroatoms. The van der Waals surface area contributed by atoms with E-state index < -0.39 is 0 Å². The van der Waals surface area contributed by atoms with E-state index in [0.717, 1.165) is 0 Å². The van der Waals surface area contributed by atoms with E-state index in [2.05, 4.69) is 13.8 Å². The summed E-state index contributed by atoms with van der Waals surface area (Å²) in [6.07, 6.45) is 3.58. The molecule has 0 aromatic heterocycles. The topological polar surface area (TPSA) is 47.6 Å². The molecule has 0 fully saturated rings. The molecule has 1 aliphatic rings. The van der Waals surface area contributed by atoms with Crippen LogP contribution in [0, 0.1) is 22.7 Å². The van der Waals surface area contributed by atoms with Crippen molar-refractivity contribution in [2.75, 3.05) is 0 Å². The van der Waals surface area contributed by atoms with Crippen molar-refractivity contribution < 1.29 is 0 Å². The van der Waals surface area contributed by atoms with E-state index in [-0.39, 0.29) is 5.57 Å². The molecular formula is C10H8N2Se2. The molecule has 0 saturated carbocycles. The van der Waals surface area contributed by atoms with Crippen molar-refractivity contribution in [2.45, 2.75) is 13.8 Å². The fourth-order valence-electron chi connectivity index (χ4n) is 0.785. The first-order valence-corrected chi connectivity index (χ1v) is 7.35. The third kappa shape index (κ3) is 2.88. The molecule has 0 unspecified atom stereocenters. The van der Waals surface area contributed by atoms with Gasteiger partial charge in [-0.3, -0.25) is 0 Å². The van der Waals surface area contributed by atoms with Crippen LogP contribution in [0.3, 0.4) is 0 Å². The number of hydrogen-bond acceptors (Lipinski definition) is 2. The third-order valence-corrected chi connectivity index (χ3v) is 8.09. The first kappa shape index (κ1) is 11.3. The van der Waals surface area contributed by atoms with Gasteiger partial charge in [-0.1, -0.05) is 0 Å². The second-order valence-electron chi connectivity index (χ2n) is 2.61. The number of nitrogens with zero attached hydrogens (tertiary/aromatic N) is 2. The first-order chi connectivity index (χ1) is 6.67. The molecule has 0 spiro atoms. The molecule has 1 aliphatic heterocycles. The van der Waals surface area contributed by atoms with E-state index in [0.29, 0.717) is 29.9 Å². The molecule has 70 valence electrons. The normalized spacial score (nSPS) is 14.7. The van der Waals surface area contributed by atoms with Gasteiger partial charge >= 0.3 is 96.5 Å². The Kier molecular flexibility index (Phi) is 4.20. The van der Waals surface area contributed by atoms with Crippen LogP contribution in [0.15, 0.2) is 30.0 Å². The number of allylic oxidation sites excluding steroid dienone is 5. The van der Waals surface area contributed by atoms with Crippen LogP contribution in [0.5, 0.6) is 0 Å². The van der Waals surface area contributed by atoms with Crippen molar-refractivity contribution >= 4 is 29.9 Å². The Morgan fingerprint density at radius 1 is 1.14 bits per heavy atom. The quantitative estimate of drug-likeness (QED) is 0.544. The summed E-state index contributed by atoms with van der Waals surface area (Å²) >= 11 is 0.910. The SMILES string of the molecule is CC1=C(C)[Se]C(=CC=C(C#N)C#N)[Se]1. The second kappa shape index (κ2) is 5.20. The van der Waals surface area contributed by atoms with Gasteiger partial charge in [-0.05, 0) is 0 Å². The van der Waals surface area contributed by atoms with E-state index >= 15 is 0 Å². The number of nitriles is 2. The van der Waals surface area contributed by atoms with Crippen LogP contribution in [0.25, 0.3) is 0 Å². The zero-order chi connectivity index (χ0) is 10.6. The maximum atomic E-state index is 8.53. The van der Waals surface area contributed by atoms with Gasteiger partial charge in [0.2, 0.25) is 0 Å². The summed E-state index contributed by atoms with van der Waals surface area (Å²) in [6.45, 7) is 4.33. The van der Waals surface area contributed by atoms with E-state index in [1.807, 2.05) is 18.2 Å². The summed E-state index contributed by atoms with van der Waals surface area (Å²) in [6, 6.07) is 3.71. The Labute approximate surface area is 96.3 Å². The fourth-order valence-corrected chi connectivity index (χ4v) is 7.40. The van der Waals surface area contributed by atoms with Crippen molar-refractivity contribution in [1.82, 2.24) is 0 Å². The van der Waals surface area contributed by atoms with E-state index in [1.54, 1.807) is 6.08 Å². The van der Waals surface area contributed by atoms with Gasteiger partial charge in [-0.15, -0.1) is 0 Å². The molecule has 0 aromatic carbocycles. The number of hydrogen-bond donors (Lipinski definition) is 0. The molecule has 0 amide bonds. The molecule has 2 nitrogen and oxygen atoms in total. The van der Waals surface area contributed by atoms with Gasteiger partial charge in [0.1, 0.15) is 0 Å². The van der Waals surface area contributed by atoms with Crippen LogP contribution in [0.4, 0.5) is 0 Å². The van der Waals surface area contributed by atoms with Gasteiger partial charge < -0.3 is 0 Å². The van der Waals surface area contributed by atoms with Gasteiger partial charge in [-0.2, -0.15) is 0 Å². The monoisotopic (exact) mass is 316 g/mol. The Bertz CT molecular complexity index is 384. The number of rotatable bonds is 1. The summed E-state index contributed by atoms with van der Waals surface area (Å²) in [4.78, 5) is 0. The van der Waals surface area contributed by atoms with Gasteiger partial charge in [0.15, 0.2) is 0 Å². The molecule has 0 aromatic rings. The summed E-state index contributed by atoms with van der Waals surface area (Å²) < 4.78 is 4.39. The molecule has 0 saturated heterocycles. The summed E-state index contributed by atoms with van der Waals surface area (Å²) in [5.74, 6) is 0. The van der Waals surface area contributed by atoms with Gasteiger partial charge in [0, 0.05) is 0 Å². The zero-order valence-corrected chi connectivity index (χ0v) is 11.3. The standard InChI is InChI=1S/C10H8N2Se2/c1-7-8(2)14-10(13-7)4-3-9(5-11)6-12/h3-4H,1-2H3. The second-order valence-corrected chi connectivity index (χ2v) is 9.19. The Hall–Kier alpha value is -0.761. The Morgan fingerprint density at radius 3 is 2.07 bits per heavy atom. The molecule has 14 heavy (non-hydrogen) atoms. The van der Waals surface area contributed by atoms with Crippen LogP contribution in [-0.4, -0.2) is 29.9 Å². The van der Waals surface area contributed by atoms with Crippen molar-refractivity contribution in [3.63, 3.8) is 0 Å². The molecule has 0 radical (unpaired) electrons. The molecule has 1 rings (SSSR count). The first-order valence-electron chi connectivity index (χ1n) is 3.92. The maximum absolute atomic E-state index is 8.53. The van der Waals surface area contributed by atoms with Gasteiger partial charge in [0.05, 0.1) is 0 Å². The Morgan fingerprint density at radius 2 is 1.64 bits per heavy atom. The van der Waals surface area contributed by atoms with Crippen LogP contribution in [0.2, 0.25) is 0 Å². The average Bonchev–Trinajstić information content (AvgIpc) is 2.48. The minimum absolute atomic E-state index is 0.186. The minimum atomic E-state index is 0.186. The predicted molar refractivity (Wildman–Crippen MR) is 57.3 cm³/mol. The average molecular weight is 314 g/mol. The molecule has 1 heterocycles. The van der Waals surface area contributed by atoms with Crippen molar-refractivity contribution in [3.8, 4) is 12.1 Å². The van der Waals surface area contributed by atoms with Crippen LogP contribution in [-0.2, 0) is 0 Å². The van der Waals surface area contributed by atoms with E-state index in [1.165, 1.54) is 12.3 Å². The summed E-state index contributed by atoms with van der Waals surface area (Å²) in [5.41, 5.74) is 0.186. The van der Waals surface area contributed by atoms with Crippen LogP contribution >= 0.6 is 0 Å². The zero-order valence-electron chi connectivity index (χ0n) is 7.87. The molecular weight excluding hydrogens is 306 g/mol. The van der Waals surface area contributed by atoms with Crippen LogP contribution in [0.1, 0.15) is 13.8 Å². The molecule has 0 atom stereocenters. The predicted octanol–water partition coefficient (Wildman–Crippen LogP) is 1.47. The van der Waals surface area contributed by atoms with Gasteiger partial charge in [0.25, 0.3) is 0 Å². The van der Waals surface area contributed by atoms with Crippen molar-refractivity contribution in [2.24, 2.45) is 0 Å². The van der Waals surface area contributed by atoms with Crippen molar-refractivity contribution in [1.29, 1.82) is 10.5 Å². The van der Waals surface area contributed by atoms with Crippen LogP contribution < -0.4 is 0 Å². The van der Waals surface area contributed by atoms with E-state index in [9.17, 15) is 0 Å². The molecule has 0 bridgehead atoms. The fraction of sp³-hybridized carbons (Fsp3) is 0.200. The summed E-state index contributed by atoms with van der Waals surface area (Å²) in [7, 11) is 0. The van der Waals surface area contributed by atoms with E-state index in [4.69, 9.17) is 10.5 Å².